The standard InChI is InChI=1S/C73H139NO11S/c1-3-5-7-9-11-13-15-17-19-21-23-25-27-29-30-31-32-33-34-35-36-37-38-39-41-43-45-47-49-51-53-55-57-59-61-63-69(77)74-66(65-83-73-71(79)72(85-86(80,81)82)70(78)68(64-75)84-73)67(76)62-60-58-56-54-52-50-48-46-44-42-40-28-26-24-22-20-18-16-14-12-10-8-6-4-2/h27,29,31-32,60,62,66-68,70-73,75-76,78-79H,3-26,28,30,33-59,61,63-65H2,1-2H3,(H,74,77)(H,80,81,82)/b29-27-,32-31-,62-60+. The van der Waals surface area contributed by atoms with Gasteiger partial charge in [-0.05, 0) is 51.4 Å². The maximum absolute atomic E-state index is 13.2. The Hall–Kier alpha value is -1.68. The number of ether oxygens (including phenoxy) is 2. The molecule has 12 nitrogen and oxygen atoms in total. The van der Waals surface area contributed by atoms with Gasteiger partial charge in [-0.2, -0.15) is 8.42 Å². The Morgan fingerprint density at radius 3 is 1.10 bits per heavy atom. The molecule has 0 aromatic heterocycles. The lowest BCUT2D eigenvalue weighted by molar-refractivity contribution is -0.298. The summed E-state index contributed by atoms with van der Waals surface area (Å²) in [6, 6.07) is -0.945. The molecule has 0 aromatic rings. The normalized spacial score (nSPS) is 18.3. The second-order valence-corrected chi connectivity index (χ2v) is 26.9. The number of aliphatic hydroxyl groups excluding tert-OH is 4. The van der Waals surface area contributed by atoms with Gasteiger partial charge in [0.25, 0.3) is 0 Å². The molecule has 0 aliphatic carbocycles. The Morgan fingerprint density at radius 1 is 0.465 bits per heavy atom. The van der Waals surface area contributed by atoms with E-state index in [0.717, 1.165) is 44.9 Å². The van der Waals surface area contributed by atoms with Crippen molar-refractivity contribution >= 4 is 16.3 Å². The van der Waals surface area contributed by atoms with E-state index in [4.69, 9.17) is 9.47 Å². The number of allylic oxidation sites excluding steroid dienone is 5. The SMILES string of the molecule is CCCCCCCCCCCCC/C=C\C/C=C\CCCCCCCCCCCCCCCCCCCC(=O)NC(COC1OC(CO)C(O)C(OS(=O)(=O)O)C1O)C(O)/C=C/CCCCCCCCCCCCCCCCCCCCCCCC. The number of aliphatic hydroxyl groups is 4. The molecule has 7 unspecified atom stereocenters. The maximum Gasteiger partial charge on any atom is 0.397 e. The van der Waals surface area contributed by atoms with E-state index in [1.807, 2.05) is 6.08 Å². The van der Waals surface area contributed by atoms with E-state index in [1.165, 1.54) is 295 Å². The molecule has 1 rings (SSSR count). The van der Waals surface area contributed by atoms with Gasteiger partial charge in [0.2, 0.25) is 5.91 Å². The van der Waals surface area contributed by atoms with Crippen molar-refractivity contribution in [2.45, 2.75) is 410 Å². The van der Waals surface area contributed by atoms with E-state index in [-0.39, 0.29) is 18.9 Å². The number of carbonyl (C=O) groups excluding carboxylic acids is 1. The first-order valence-electron chi connectivity index (χ1n) is 36.9. The van der Waals surface area contributed by atoms with Crippen LogP contribution in [0.4, 0.5) is 0 Å². The molecule has 1 heterocycles. The van der Waals surface area contributed by atoms with E-state index in [0.29, 0.717) is 6.42 Å². The Bertz CT molecular complexity index is 1650. The van der Waals surface area contributed by atoms with E-state index in [9.17, 15) is 38.2 Å². The first kappa shape index (κ1) is 82.3. The molecule has 1 aliphatic heterocycles. The van der Waals surface area contributed by atoms with E-state index in [2.05, 4.69) is 47.7 Å². The molecule has 0 radical (unpaired) electrons. The van der Waals surface area contributed by atoms with Crippen molar-refractivity contribution in [3.8, 4) is 0 Å². The van der Waals surface area contributed by atoms with Crippen molar-refractivity contribution < 1.29 is 51.8 Å². The molecular weight excluding hydrogens is 1100 g/mol. The number of amides is 1. The van der Waals surface area contributed by atoms with Gasteiger partial charge in [-0.1, -0.05) is 346 Å². The molecule has 1 saturated heterocycles. The van der Waals surface area contributed by atoms with Crippen molar-refractivity contribution in [2.24, 2.45) is 0 Å². The van der Waals surface area contributed by atoms with Crippen LogP contribution in [0.5, 0.6) is 0 Å². The molecule has 1 amide bonds. The van der Waals surface area contributed by atoms with Crippen molar-refractivity contribution in [3.05, 3.63) is 36.5 Å². The fourth-order valence-electron chi connectivity index (χ4n) is 12.0. The summed E-state index contributed by atoms with van der Waals surface area (Å²) in [4.78, 5) is 13.2. The topological polar surface area (TPSA) is 192 Å². The van der Waals surface area contributed by atoms with Crippen LogP contribution in [0.1, 0.15) is 367 Å². The highest BCUT2D eigenvalue weighted by Crippen LogP contribution is 2.26. The van der Waals surface area contributed by atoms with Crippen LogP contribution in [0.3, 0.4) is 0 Å². The zero-order valence-corrected chi connectivity index (χ0v) is 56.7. The van der Waals surface area contributed by atoms with Gasteiger partial charge in [0, 0.05) is 6.42 Å². The molecule has 1 fully saturated rings. The summed E-state index contributed by atoms with van der Waals surface area (Å²) in [5.74, 6) is -0.256. The average molecular weight is 1240 g/mol. The molecule has 0 spiro atoms. The fourth-order valence-corrected chi connectivity index (χ4v) is 12.5. The van der Waals surface area contributed by atoms with Gasteiger partial charge >= 0.3 is 10.4 Å². The van der Waals surface area contributed by atoms with Crippen LogP contribution in [-0.2, 0) is 28.9 Å². The molecule has 0 aromatic carbocycles. The summed E-state index contributed by atoms with van der Waals surface area (Å²) in [6.45, 7) is 3.46. The number of nitrogens with one attached hydrogen (secondary N) is 1. The minimum absolute atomic E-state index is 0.256. The Balaban J connectivity index is 2.21. The van der Waals surface area contributed by atoms with Gasteiger partial charge in [0.05, 0.1) is 25.4 Å². The molecule has 13 heteroatoms. The van der Waals surface area contributed by atoms with Crippen LogP contribution >= 0.6 is 0 Å². The van der Waals surface area contributed by atoms with Gasteiger partial charge in [-0.3, -0.25) is 9.35 Å². The first-order valence-corrected chi connectivity index (χ1v) is 38.2. The van der Waals surface area contributed by atoms with Gasteiger partial charge in [0.15, 0.2) is 6.29 Å². The average Bonchev–Trinajstić information content (AvgIpc) is 1.65. The molecule has 7 atom stereocenters. The van der Waals surface area contributed by atoms with Crippen molar-refractivity contribution in [3.63, 3.8) is 0 Å². The molecule has 86 heavy (non-hydrogen) atoms. The van der Waals surface area contributed by atoms with E-state index in [1.54, 1.807) is 6.08 Å². The number of rotatable bonds is 66. The molecule has 6 N–H and O–H groups in total. The predicted octanol–water partition coefficient (Wildman–Crippen LogP) is 19.6. The lowest BCUT2D eigenvalue weighted by Gasteiger charge is -2.41. The van der Waals surface area contributed by atoms with Crippen LogP contribution in [0, 0.1) is 0 Å². The largest absolute Gasteiger partial charge is 0.397 e. The minimum atomic E-state index is -5.10. The lowest BCUT2D eigenvalue weighted by atomic mass is 9.99. The maximum atomic E-state index is 13.2. The van der Waals surface area contributed by atoms with Gasteiger partial charge in [-0.25, -0.2) is 4.18 Å². The van der Waals surface area contributed by atoms with Crippen LogP contribution < -0.4 is 5.32 Å². The van der Waals surface area contributed by atoms with Crippen molar-refractivity contribution in [2.75, 3.05) is 13.2 Å². The van der Waals surface area contributed by atoms with E-state index >= 15 is 0 Å². The summed E-state index contributed by atoms with van der Waals surface area (Å²) in [5.41, 5.74) is 0. The fraction of sp³-hybridized carbons (Fsp3) is 0.904. The third-order valence-corrected chi connectivity index (χ3v) is 18.1. The number of hydrogen-bond donors (Lipinski definition) is 6. The van der Waals surface area contributed by atoms with Crippen LogP contribution in [0.25, 0.3) is 0 Å². The third kappa shape index (κ3) is 53.0. The zero-order valence-electron chi connectivity index (χ0n) is 55.9. The predicted molar refractivity (Wildman–Crippen MR) is 361 cm³/mol. The Morgan fingerprint density at radius 2 is 0.779 bits per heavy atom. The Labute approximate surface area is 530 Å². The summed E-state index contributed by atoms with van der Waals surface area (Å²) in [7, 11) is -5.10. The summed E-state index contributed by atoms with van der Waals surface area (Å²) >= 11 is 0. The summed E-state index contributed by atoms with van der Waals surface area (Å²) in [5, 5.41) is 45.2. The molecule has 508 valence electrons. The first-order chi connectivity index (χ1) is 42.0. The smallest absolute Gasteiger partial charge is 0.394 e. The molecule has 0 saturated carbocycles. The molecule has 1 aliphatic rings. The zero-order chi connectivity index (χ0) is 62.5. The highest BCUT2D eigenvalue weighted by molar-refractivity contribution is 7.80. The van der Waals surface area contributed by atoms with Crippen LogP contribution in [0.2, 0.25) is 0 Å². The monoisotopic (exact) mass is 1240 g/mol. The van der Waals surface area contributed by atoms with Gasteiger partial charge < -0.3 is 35.2 Å². The van der Waals surface area contributed by atoms with E-state index < -0.39 is 59.9 Å². The number of hydrogen-bond acceptors (Lipinski definition) is 10. The van der Waals surface area contributed by atoms with Crippen molar-refractivity contribution in [1.29, 1.82) is 0 Å². The van der Waals surface area contributed by atoms with Crippen LogP contribution in [-0.4, -0.2) is 95.4 Å². The highest BCUT2D eigenvalue weighted by atomic mass is 32.3. The number of unbranched alkanes of at least 4 members (excludes halogenated alkanes) is 50. The second-order valence-electron chi connectivity index (χ2n) is 25.9. The van der Waals surface area contributed by atoms with Gasteiger partial charge in [0.1, 0.15) is 24.4 Å². The third-order valence-electron chi connectivity index (χ3n) is 17.7. The highest BCUT2D eigenvalue weighted by Gasteiger charge is 2.48. The second kappa shape index (κ2) is 62.1. The summed E-state index contributed by atoms with van der Waals surface area (Å²) in [6.07, 6.45) is 73.7. The lowest BCUT2D eigenvalue weighted by Crippen LogP contribution is -2.61. The van der Waals surface area contributed by atoms with Crippen molar-refractivity contribution in [1.82, 2.24) is 5.32 Å². The Kier molecular flexibility index (Phi) is 59.5. The summed E-state index contributed by atoms with van der Waals surface area (Å²) < 4.78 is 48.1. The minimum Gasteiger partial charge on any atom is -0.394 e. The molecule has 0 bridgehead atoms. The molecular formula is C73H139NO11S. The van der Waals surface area contributed by atoms with Gasteiger partial charge in [-0.15, -0.1) is 0 Å². The quantitative estimate of drug-likeness (QED) is 0.0193. The van der Waals surface area contributed by atoms with Crippen LogP contribution in [0.15, 0.2) is 36.5 Å². The number of carbonyl (C=O) groups is 1.